The SMILES string of the molecule is CCCn1c(=O)[nH]c(Cl)c(-c2ccccc2C)c1=O. The molecular formula is C14H15ClN2O2. The van der Waals surface area contributed by atoms with E-state index in [1.165, 1.54) is 4.57 Å². The van der Waals surface area contributed by atoms with E-state index < -0.39 is 5.69 Å². The lowest BCUT2D eigenvalue weighted by molar-refractivity contribution is 0.617. The summed E-state index contributed by atoms with van der Waals surface area (Å²) in [6.07, 6.45) is 0.706. The summed E-state index contributed by atoms with van der Waals surface area (Å²) < 4.78 is 1.19. The molecule has 0 bridgehead atoms. The molecule has 0 unspecified atom stereocenters. The summed E-state index contributed by atoms with van der Waals surface area (Å²) in [5, 5.41) is 0.0941. The van der Waals surface area contributed by atoms with Crippen molar-refractivity contribution in [2.24, 2.45) is 0 Å². The second kappa shape index (κ2) is 5.45. The number of aromatic nitrogens is 2. The fourth-order valence-electron chi connectivity index (χ4n) is 2.06. The molecule has 4 nitrogen and oxygen atoms in total. The number of hydrogen-bond acceptors (Lipinski definition) is 2. The molecule has 0 saturated heterocycles. The largest absolute Gasteiger partial charge is 0.329 e. The maximum Gasteiger partial charge on any atom is 0.329 e. The van der Waals surface area contributed by atoms with Crippen molar-refractivity contribution in [2.75, 3.05) is 0 Å². The van der Waals surface area contributed by atoms with Gasteiger partial charge in [0.05, 0.1) is 5.56 Å². The Bertz CT molecular complexity index is 716. The van der Waals surface area contributed by atoms with Gasteiger partial charge in [-0.25, -0.2) is 4.79 Å². The first-order valence-electron chi connectivity index (χ1n) is 6.15. The molecule has 0 radical (unpaired) electrons. The Labute approximate surface area is 115 Å². The Balaban J connectivity index is 2.78. The van der Waals surface area contributed by atoms with Crippen LogP contribution in [0.5, 0.6) is 0 Å². The highest BCUT2D eigenvalue weighted by Crippen LogP contribution is 2.24. The van der Waals surface area contributed by atoms with Gasteiger partial charge in [-0.3, -0.25) is 14.3 Å². The summed E-state index contributed by atoms with van der Waals surface area (Å²) >= 11 is 6.04. The summed E-state index contributed by atoms with van der Waals surface area (Å²) in [4.78, 5) is 26.7. The minimum Gasteiger partial charge on any atom is -0.297 e. The van der Waals surface area contributed by atoms with Crippen LogP contribution in [-0.2, 0) is 6.54 Å². The number of hydrogen-bond donors (Lipinski definition) is 1. The second-order valence-electron chi connectivity index (χ2n) is 4.39. The normalized spacial score (nSPS) is 10.7. The molecule has 2 aromatic rings. The van der Waals surface area contributed by atoms with Gasteiger partial charge < -0.3 is 0 Å². The maximum absolute atomic E-state index is 12.4. The summed E-state index contributed by atoms with van der Waals surface area (Å²) in [5.41, 5.74) is 1.24. The van der Waals surface area contributed by atoms with E-state index in [9.17, 15) is 9.59 Å². The fraction of sp³-hybridized carbons (Fsp3) is 0.286. The van der Waals surface area contributed by atoms with Crippen LogP contribution in [0.3, 0.4) is 0 Å². The Morgan fingerprint density at radius 2 is 1.95 bits per heavy atom. The van der Waals surface area contributed by atoms with Crippen molar-refractivity contribution in [1.82, 2.24) is 9.55 Å². The van der Waals surface area contributed by atoms with Gasteiger partial charge in [0.25, 0.3) is 5.56 Å². The average molecular weight is 279 g/mol. The van der Waals surface area contributed by atoms with E-state index in [0.717, 1.165) is 11.1 Å². The average Bonchev–Trinajstić information content (AvgIpc) is 2.36. The molecule has 19 heavy (non-hydrogen) atoms. The van der Waals surface area contributed by atoms with E-state index in [4.69, 9.17) is 11.6 Å². The molecule has 0 aliphatic heterocycles. The van der Waals surface area contributed by atoms with Crippen molar-refractivity contribution < 1.29 is 0 Å². The van der Waals surface area contributed by atoms with Gasteiger partial charge in [0.1, 0.15) is 5.15 Å². The van der Waals surface area contributed by atoms with E-state index in [1.54, 1.807) is 0 Å². The summed E-state index contributed by atoms with van der Waals surface area (Å²) in [7, 11) is 0. The van der Waals surface area contributed by atoms with Crippen LogP contribution in [0.1, 0.15) is 18.9 Å². The van der Waals surface area contributed by atoms with Gasteiger partial charge in [0.15, 0.2) is 0 Å². The van der Waals surface area contributed by atoms with E-state index in [1.807, 2.05) is 38.1 Å². The fourth-order valence-corrected chi connectivity index (χ4v) is 2.32. The maximum atomic E-state index is 12.4. The summed E-state index contributed by atoms with van der Waals surface area (Å²) in [6, 6.07) is 7.46. The van der Waals surface area contributed by atoms with Crippen molar-refractivity contribution in [2.45, 2.75) is 26.8 Å². The van der Waals surface area contributed by atoms with E-state index >= 15 is 0 Å². The highest BCUT2D eigenvalue weighted by molar-refractivity contribution is 6.32. The lowest BCUT2D eigenvalue weighted by atomic mass is 10.0. The molecule has 1 aromatic carbocycles. The molecule has 1 aromatic heterocycles. The van der Waals surface area contributed by atoms with Crippen molar-refractivity contribution in [3.63, 3.8) is 0 Å². The van der Waals surface area contributed by atoms with E-state index in [-0.39, 0.29) is 10.7 Å². The first-order chi connectivity index (χ1) is 9.06. The topological polar surface area (TPSA) is 54.9 Å². The van der Waals surface area contributed by atoms with Crippen LogP contribution in [0.25, 0.3) is 11.1 Å². The smallest absolute Gasteiger partial charge is 0.297 e. The molecule has 1 N–H and O–H groups in total. The molecule has 0 aliphatic carbocycles. The van der Waals surface area contributed by atoms with Crippen molar-refractivity contribution in [3.8, 4) is 11.1 Å². The van der Waals surface area contributed by atoms with E-state index in [0.29, 0.717) is 18.5 Å². The van der Waals surface area contributed by atoms with Crippen molar-refractivity contribution >= 4 is 11.6 Å². The third-order valence-electron chi connectivity index (χ3n) is 3.00. The number of nitrogens with zero attached hydrogens (tertiary/aromatic N) is 1. The Morgan fingerprint density at radius 1 is 1.26 bits per heavy atom. The van der Waals surface area contributed by atoms with Gasteiger partial charge in [-0.05, 0) is 24.5 Å². The van der Waals surface area contributed by atoms with E-state index in [2.05, 4.69) is 4.98 Å². The van der Waals surface area contributed by atoms with Crippen LogP contribution in [-0.4, -0.2) is 9.55 Å². The Morgan fingerprint density at radius 3 is 2.58 bits per heavy atom. The predicted octanol–water partition coefficient (Wildman–Crippen LogP) is 2.58. The third kappa shape index (κ3) is 2.49. The molecule has 1 heterocycles. The monoisotopic (exact) mass is 278 g/mol. The molecule has 0 fully saturated rings. The minimum atomic E-state index is -0.464. The molecule has 0 atom stereocenters. The van der Waals surface area contributed by atoms with Gasteiger partial charge in [-0.1, -0.05) is 42.8 Å². The second-order valence-corrected chi connectivity index (χ2v) is 4.77. The number of rotatable bonds is 3. The van der Waals surface area contributed by atoms with Crippen LogP contribution in [0.4, 0.5) is 0 Å². The molecule has 5 heteroatoms. The van der Waals surface area contributed by atoms with Crippen LogP contribution in [0, 0.1) is 6.92 Å². The van der Waals surface area contributed by atoms with Crippen LogP contribution in [0.2, 0.25) is 5.15 Å². The number of benzene rings is 1. The molecular weight excluding hydrogens is 264 g/mol. The van der Waals surface area contributed by atoms with Gasteiger partial charge in [-0.2, -0.15) is 0 Å². The standard InChI is InChI=1S/C14H15ClN2O2/c1-3-8-17-13(18)11(12(15)16-14(17)19)10-7-5-4-6-9(10)2/h4-7H,3,8H2,1-2H3,(H,16,19). The molecule has 0 amide bonds. The summed E-state index contributed by atoms with van der Waals surface area (Å²) in [5.74, 6) is 0. The predicted molar refractivity (Wildman–Crippen MR) is 76.8 cm³/mol. The lowest BCUT2D eigenvalue weighted by Crippen LogP contribution is -2.36. The number of aromatic amines is 1. The Hall–Kier alpha value is -1.81. The van der Waals surface area contributed by atoms with Crippen molar-refractivity contribution in [3.05, 3.63) is 55.8 Å². The lowest BCUT2D eigenvalue weighted by Gasteiger charge is -2.10. The zero-order valence-electron chi connectivity index (χ0n) is 10.9. The van der Waals surface area contributed by atoms with Crippen LogP contribution < -0.4 is 11.2 Å². The molecule has 0 saturated carbocycles. The van der Waals surface area contributed by atoms with Gasteiger partial charge >= 0.3 is 5.69 Å². The number of H-pyrrole nitrogens is 1. The summed E-state index contributed by atoms with van der Waals surface area (Å²) in [6.45, 7) is 4.19. The van der Waals surface area contributed by atoms with Gasteiger partial charge in [0, 0.05) is 6.54 Å². The number of halogens is 1. The third-order valence-corrected chi connectivity index (χ3v) is 3.29. The van der Waals surface area contributed by atoms with Crippen LogP contribution >= 0.6 is 11.6 Å². The number of nitrogens with one attached hydrogen (secondary N) is 1. The quantitative estimate of drug-likeness (QED) is 0.878. The Kier molecular flexibility index (Phi) is 3.90. The first-order valence-corrected chi connectivity index (χ1v) is 6.52. The highest BCUT2D eigenvalue weighted by atomic mass is 35.5. The van der Waals surface area contributed by atoms with Gasteiger partial charge in [0.2, 0.25) is 0 Å². The zero-order valence-corrected chi connectivity index (χ0v) is 11.6. The highest BCUT2D eigenvalue weighted by Gasteiger charge is 2.15. The van der Waals surface area contributed by atoms with Crippen molar-refractivity contribution in [1.29, 1.82) is 0 Å². The molecule has 0 aliphatic rings. The minimum absolute atomic E-state index is 0.0941. The molecule has 0 spiro atoms. The van der Waals surface area contributed by atoms with Gasteiger partial charge in [-0.15, -0.1) is 0 Å². The van der Waals surface area contributed by atoms with Crippen LogP contribution in [0.15, 0.2) is 33.9 Å². The first kappa shape index (κ1) is 13.6. The molecule has 100 valence electrons. The zero-order chi connectivity index (χ0) is 14.0. The number of aryl methyl sites for hydroxylation is 1. The molecule has 2 rings (SSSR count).